The van der Waals surface area contributed by atoms with E-state index in [0.717, 1.165) is 6.07 Å². The Kier molecular flexibility index (Phi) is 3.52. The molecule has 1 aromatic rings. The molecular formula is C10H10ClFO3. The molecule has 0 aromatic heterocycles. The van der Waals surface area contributed by atoms with Crippen LogP contribution in [0, 0.1) is 11.7 Å². The summed E-state index contributed by atoms with van der Waals surface area (Å²) in [5.41, 5.74) is -0.0580. The van der Waals surface area contributed by atoms with Crippen LogP contribution >= 0.6 is 11.6 Å². The molecule has 0 amide bonds. The molecule has 1 rings (SSSR count). The van der Waals surface area contributed by atoms with Crippen molar-refractivity contribution in [1.82, 2.24) is 0 Å². The molecule has 0 bridgehead atoms. The summed E-state index contributed by atoms with van der Waals surface area (Å²) in [4.78, 5) is 10.6. The topological polar surface area (TPSA) is 57.5 Å². The maximum atomic E-state index is 13.2. The third-order valence-electron chi connectivity index (χ3n) is 2.11. The van der Waals surface area contributed by atoms with Gasteiger partial charge in [-0.3, -0.25) is 4.79 Å². The van der Waals surface area contributed by atoms with Crippen molar-refractivity contribution >= 4 is 17.6 Å². The number of aromatic hydroxyl groups is 1. The summed E-state index contributed by atoms with van der Waals surface area (Å²) in [6.45, 7) is 1.43. The number of phenols is 1. The number of carbonyl (C=O) groups is 1. The van der Waals surface area contributed by atoms with Crippen LogP contribution < -0.4 is 0 Å². The second kappa shape index (κ2) is 4.49. The minimum atomic E-state index is -1.05. The molecule has 0 radical (unpaired) electrons. The van der Waals surface area contributed by atoms with Gasteiger partial charge in [0.15, 0.2) is 0 Å². The summed E-state index contributed by atoms with van der Waals surface area (Å²) in [6.07, 6.45) is -0.0897. The first-order valence-electron chi connectivity index (χ1n) is 4.32. The lowest BCUT2D eigenvalue weighted by Crippen LogP contribution is -2.13. The molecule has 15 heavy (non-hydrogen) atoms. The molecule has 0 aliphatic carbocycles. The quantitative estimate of drug-likeness (QED) is 0.842. The highest BCUT2D eigenvalue weighted by Crippen LogP contribution is 2.31. The van der Waals surface area contributed by atoms with Crippen LogP contribution in [-0.4, -0.2) is 16.2 Å². The molecule has 82 valence electrons. The van der Waals surface area contributed by atoms with Gasteiger partial charge in [0, 0.05) is 5.56 Å². The lowest BCUT2D eigenvalue weighted by atomic mass is 10.00. The molecule has 0 saturated heterocycles. The normalized spacial score (nSPS) is 12.5. The van der Waals surface area contributed by atoms with E-state index in [1.165, 1.54) is 13.0 Å². The number of aliphatic carboxylic acids is 1. The zero-order chi connectivity index (χ0) is 11.6. The van der Waals surface area contributed by atoms with Gasteiger partial charge in [-0.2, -0.15) is 0 Å². The summed E-state index contributed by atoms with van der Waals surface area (Å²) in [6, 6.07) is 2.33. The number of carboxylic acid groups (broad SMARTS) is 1. The molecule has 1 atom stereocenters. The van der Waals surface area contributed by atoms with Crippen molar-refractivity contribution in [3.8, 4) is 5.75 Å². The third-order valence-corrected chi connectivity index (χ3v) is 2.41. The van der Waals surface area contributed by atoms with Gasteiger partial charge >= 0.3 is 5.97 Å². The van der Waals surface area contributed by atoms with Gasteiger partial charge < -0.3 is 10.2 Å². The molecule has 1 aromatic carbocycles. The van der Waals surface area contributed by atoms with Crippen molar-refractivity contribution in [2.45, 2.75) is 13.3 Å². The van der Waals surface area contributed by atoms with Crippen LogP contribution in [0.15, 0.2) is 12.1 Å². The average Bonchev–Trinajstić information content (AvgIpc) is 2.18. The van der Waals surface area contributed by atoms with Crippen LogP contribution in [0.5, 0.6) is 5.75 Å². The fraction of sp³-hybridized carbons (Fsp3) is 0.300. The van der Waals surface area contributed by atoms with Gasteiger partial charge in [-0.1, -0.05) is 18.5 Å². The van der Waals surface area contributed by atoms with E-state index in [-0.39, 0.29) is 22.8 Å². The number of hydrogen-bond donors (Lipinski definition) is 2. The lowest BCUT2D eigenvalue weighted by Gasteiger charge is -2.10. The highest BCUT2D eigenvalue weighted by Gasteiger charge is 2.18. The molecule has 2 N–H and O–H groups in total. The van der Waals surface area contributed by atoms with Crippen LogP contribution in [0.3, 0.4) is 0 Å². The van der Waals surface area contributed by atoms with Crippen LogP contribution in [0.4, 0.5) is 4.39 Å². The van der Waals surface area contributed by atoms with Gasteiger partial charge in [-0.25, -0.2) is 4.39 Å². The number of hydrogen-bond acceptors (Lipinski definition) is 2. The Labute approximate surface area is 91.1 Å². The number of halogens is 2. The Morgan fingerprint density at radius 1 is 1.60 bits per heavy atom. The van der Waals surface area contributed by atoms with E-state index in [1.807, 2.05) is 0 Å². The van der Waals surface area contributed by atoms with E-state index >= 15 is 0 Å². The maximum absolute atomic E-state index is 13.2. The van der Waals surface area contributed by atoms with Gasteiger partial charge in [-0.05, 0) is 18.6 Å². The molecule has 0 aliphatic heterocycles. The monoisotopic (exact) mass is 232 g/mol. The Morgan fingerprint density at radius 3 is 2.73 bits per heavy atom. The molecule has 0 heterocycles. The summed E-state index contributed by atoms with van der Waals surface area (Å²) in [7, 11) is 0. The molecule has 0 spiro atoms. The van der Waals surface area contributed by atoms with Gasteiger partial charge in [0.1, 0.15) is 11.6 Å². The van der Waals surface area contributed by atoms with E-state index in [2.05, 4.69) is 0 Å². The molecule has 0 aliphatic rings. The van der Waals surface area contributed by atoms with E-state index in [9.17, 15) is 14.3 Å². The van der Waals surface area contributed by atoms with Crippen molar-refractivity contribution < 1.29 is 19.4 Å². The molecule has 3 nitrogen and oxygen atoms in total. The van der Waals surface area contributed by atoms with Crippen LogP contribution in [-0.2, 0) is 11.2 Å². The highest BCUT2D eigenvalue weighted by atomic mass is 35.5. The lowest BCUT2D eigenvalue weighted by molar-refractivity contribution is -0.141. The van der Waals surface area contributed by atoms with Gasteiger partial charge in [0.05, 0.1) is 10.9 Å². The first-order chi connectivity index (χ1) is 6.93. The second-order valence-corrected chi connectivity index (χ2v) is 3.71. The predicted molar refractivity (Wildman–Crippen MR) is 53.6 cm³/mol. The van der Waals surface area contributed by atoms with Gasteiger partial charge in [0.2, 0.25) is 0 Å². The zero-order valence-corrected chi connectivity index (χ0v) is 8.75. The zero-order valence-electron chi connectivity index (χ0n) is 8.00. The SMILES string of the molecule is CC(Cc1c(F)ccc(Cl)c1O)C(=O)O. The predicted octanol–water partition coefficient (Wildman–Crippen LogP) is 2.45. The minimum Gasteiger partial charge on any atom is -0.506 e. The summed E-state index contributed by atoms with van der Waals surface area (Å²) in [5, 5.41) is 18.1. The van der Waals surface area contributed by atoms with E-state index in [4.69, 9.17) is 16.7 Å². The summed E-state index contributed by atoms with van der Waals surface area (Å²) >= 11 is 5.58. The Bertz CT molecular complexity index is 392. The van der Waals surface area contributed by atoms with Crippen molar-refractivity contribution in [2.24, 2.45) is 5.92 Å². The number of rotatable bonds is 3. The Balaban J connectivity index is 3.03. The standard InChI is InChI=1S/C10H10ClFO3/c1-5(10(14)15)4-6-8(12)3-2-7(11)9(6)13/h2-3,5,13H,4H2,1H3,(H,14,15). The van der Waals surface area contributed by atoms with Crippen LogP contribution in [0.2, 0.25) is 5.02 Å². The van der Waals surface area contributed by atoms with Gasteiger partial charge in [-0.15, -0.1) is 0 Å². The summed E-state index contributed by atoms with van der Waals surface area (Å²) in [5.74, 6) is -2.85. The molecule has 5 heteroatoms. The number of benzene rings is 1. The van der Waals surface area contributed by atoms with E-state index in [0.29, 0.717) is 0 Å². The van der Waals surface area contributed by atoms with Crippen molar-refractivity contribution in [3.63, 3.8) is 0 Å². The third kappa shape index (κ3) is 2.59. The first kappa shape index (κ1) is 11.8. The van der Waals surface area contributed by atoms with Crippen LogP contribution in [0.1, 0.15) is 12.5 Å². The molecular weight excluding hydrogens is 223 g/mol. The first-order valence-corrected chi connectivity index (χ1v) is 4.70. The average molecular weight is 233 g/mol. The minimum absolute atomic E-state index is 0.0176. The van der Waals surface area contributed by atoms with Crippen LogP contribution in [0.25, 0.3) is 0 Å². The second-order valence-electron chi connectivity index (χ2n) is 3.30. The van der Waals surface area contributed by atoms with Crippen molar-refractivity contribution in [1.29, 1.82) is 0 Å². The fourth-order valence-electron chi connectivity index (χ4n) is 1.17. The fourth-order valence-corrected chi connectivity index (χ4v) is 1.35. The molecule has 1 unspecified atom stereocenters. The maximum Gasteiger partial charge on any atom is 0.306 e. The van der Waals surface area contributed by atoms with Crippen molar-refractivity contribution in [2.75, 3.05) is 0 Å². The summed E-state index contributed by atoms with van der Waals surface area (Å²) < 4.78 is 13.2. The number of phenolic OH excluding ortho intramolecular Hbond substituents is 1. The van der Waals surface area contributed by atoms with Gasteiger partial charge in [0.25, 0.3) is 0 Å². The molecule has 0 saturated carbocycles. The largest absolute Gasteiger partial charge is 0.506 e. The van der Waals surface area contributed by atoms with E-state index < -0.39 is 17.7 Å². The molecule has 0 fully saturated rings. The smallest absolute Gasteiger partial charge is 0.306 e. The Morgan fingerprint density at radius 2 is 2.20 bits per heavy atom. The van der Waals surface area contributed by atoms with E-state index in [1.54, 1.807) is 0 Å². The number of carboxylic acids is 1. The highest BCUT2D eigenvalue weighted by molar-refractivity contribution is 6.32. The van der Waals surface area contributed by atoms with Crippen molar-refractivity contribution in [3.05, 3.63) is 28.5 Å². The Hall–Kier alpha value is -1.29.